The standard InChI is InChI=1S/C17H16N4O2/c1-11-2-4-12(5-3-11)10-23-14-8-6-13(7-9-14)15-16(17(18)22)20-21-19-15/h2-9H,10H2,1H3,(H2,18,22)(H,19,20,21). The van der Waals surface area contributed by atoms with Gasteiger partial charge in [0.15, 0.2) is 5.69 Å². The fraction of sp³-hybridized carbons (Fsp3) is 0.118. The third kappa shape index (κ3) is 3.37. The van der Waals surface area contributed by atoms with E-state index < -0.39 is 5.91 Å². The van der Waals surface area contributed by atoms with E-state index in [2.05, 4.69) is 27.5 Å². The van der Waals surface area contributed by atoms with Crippen molar-refractivity contribution in [3.05, 3.63) is 65.4 Å². The molecule has 0 atom stereocenters. The second kappa shape index (κ2) is 6.31. The number of benzene rings is 2. The second-order valence-corrected chi connectivity index (χ2v) is 5.18. The van der Waals surface area contributed by atoms with Crippen molar-refractivity contribution in [2.45, 2.75) is 13.5 Å². The van der Waals surface area contributed by atoms with Crippen LogP contribution < -0.4 is 10.5 Å². The Balaban J connectivity index is 1.71. The molecule has 0 radical (unpaired) electrons. The van der Waals surface area contributed by atoms with Crippen molar-refractivity contribution in [1.82, 2.24) is 15.4 Å². The van der Waals surface area contributed by atoms with Crippen molar-refractivity contribution in [2.75, 3.05) is 0 Å². The number of nitrogens with zero attached hydrogens (tertiary/aromatic N) is 2. The van der Waals surface area contributed by atoms with Crippen molar-refractivity contribution in [3.63, 3.8) is 0 Å². The Labute approximate surface area is 133 Å². The average Bonchev–Trinajstić information content (AvgIpc) is 3.05. The lowest BCUT2D eigenvalue weighted by molar-refractivity contribution is 0.0996. The minimum atomic E-state index is -0.617. The van der Waals surface area contributed by atoms with E-state index in [1.165, 1.54) is 5.56 Å². The van der Waals surface area contributed by atoms with Gasteiger partial charge >= 0.3 is 0 Å². The highest BCUT2D eigenvalue weighted by atomic mass is 16.5. The van der Waals surface area contributed by atoms with Gasteiger partial charge < -0.3 is 10.5 Å². The van der Waals surface area contributed by atoms with Gasteiger partial charge in [0.1, 0.15) is 18.1 Å². The maximum absolute atomic E-state index is 11.3. The summed E-state index contributed by atoms with van der Waals surface area (Å²) < 4.78 is 5.75. The number of aryl methyl sites for hydroxylation is 1. The molecule has 3 N–H and O–H groups in total. The minimum absolute atomic E-state index is 0.123. The van der Waals surface area contributed by atoms with Crippen LogP contribution in [0.25, 0.3) is 11.3 Å². The third-order valence-electron chi connectivity index (χ3n) is 3.44. The van der Waals surface area contributed by atoms with Gasteiger partial charge in [0.05, 0.1) is 0 Å². The second-order valence-electron chi connectivity index (χ2n) is 5.18. The van der Waals surface area contributed by atoms with E-state index in [1.807, 2.05) is 43.3 Å². The molecule has 6 heteroatoms. The first-order valence-electron chi connectivity index (χ1n) is 7.13. The Bertz CT molecular complexity index is 807. The molecule has 23 heavy (non-hydrogen) atoms. The van der Waals surface area contributed by atoms with Crippen molar-refractivity contribution >= 4 is 5.91 Å². The van der Waals surface area contributed by atoms with Gasteiger partial charge in [-0.3, -0.25) is 4.79 Å². The summed E-state index contributed by atoms with van der Waals surface area (Å²) in [6.07, 6.45) is 0. The summed E-state index contributed by atoms with van der Waals surface area (Å²) in [5, 5.41) is 10.1. The highest BCUT2D eigenvalue weighted by molar-refractivity contribution is 5.96. The number of aromatic amines is 1. The SMILES string of the molecule is Cc1ccc(COc2ccc(-c3n[nH]nc3C(N)=O)cc2)cc1. The van der Waals surface area contributed by atoms with Crippen molar-refractivity contribution in [3.8, 4) is 17.0 Å². The number of carbonyl (C=O) groups is 1. The molecule has 3 aromatic rings. The van der Waals surface area contributed by atoms with Gasteiger partial charge in [0.2, 0.25) is 0 Å². The number of carbonyl (C=O) groups excluding carboxylic acids is 1. The van der Waals surface area contributed by atoms with Gasteiger partial charge in [-0.1, -0.05) is 29.8 Å². The fourth-order valence-corrected chi connectivity index (χ4v) is 2.16. The number of H-pyrrole nitrogens is 1. The first-order chi connectivity index (χ1) is 11.1. The summed E-state index contributed by atoms with van der Waals surface area (Å²) in [5.41, 5.74) is 8.89. The van der Waals surface area contributed by atoms with Crippen LogP contribution in [0.2, 0.25) is 0 Å². The Morgan fingerprint density at radius 2 is 1.78 bits per heavy atom. The van der Waals surface area contributed by atoms with Crippen LogP contribution >= 0.6 is 0 Å². The van der Waals surface area contributed by atoms with E-state index >= 15 is 0 Å². The summed E-state index contributed by atoms with van der Waals surface area (Å²) in [6.45, 7) is 2.55. The first kappa shape index (κ1) is 14.8. The normalized spacial score (nSPS) is 10.5. The molecule has 0 saturated heterocycles. The van der Waals surface area contributed by atoms with E-state index in [4.69, 9.17) is 10.5 Å². The summed E-state index contributed by atoms with van der Waals surface area (Å²) in [7, 11) is 0. The molecule has 0 bridgehead atoms. The number of hydrogen-bond acceptors (Lipinski definition) is 4. The molecule has 1 amide bonds. The molecule has 0 aliphatic carbocycles. The molecule has 0 aliphatic heterocycles. The molecular formula is C17H16N4O2. The zero-order valence-corrected chi connectivity index (χ0v) is 12.6. The van der Waals surface area contributed by atoms with Crippen LogP contribution in [0.5, 0.6) is 5.75 Å². The van der Waals surface area contributed by atoms with Crippen LogP contribution in [0.4, 0.5) is 0 Å². The van der Waals surface area contributed by atoms with Crippen LogP contribution in [-0.2, 0) is 6.61 Å². The predicted molar refractivity (Wildman–Crippen MR) is 85.8 cm³/mol. The Kier molecular flexibility index (Phi) is 4.05. The first-order valence-corrected chi connectivity index (χ1v) is 7.13. The third-order valence-corrected chi connectivity index (χ3v) is 3.44. The van der Waals surface area contributed by atoms with Crippen molar-refractivity contribution in [1.29, 1.82) is 0 Å². The van der Waals surface area contributed by atoms with Gasteiger partial charge in [-0.25, -0.2) is 0 Å². The summed E-state index contributed by atoms with van der Waals surface area (Å²) in [5.74, 6) is 0.117. The maximum atomic E-state index is 11.3. The number of nitrogens with one attached hydrogen (secondary N) is 1. The van der Waals surface area contributed by atoms with Crippen molar-refractivity contribution < 1.29 is 9.53 Å². The largest absolute Gasteiger partial charge is 0.489 e. The summed E-state index contributed by atoms with van der Waals surface area (Å²) in [6, 6.07) is 15.5. The smallest absolute Gasteiger partial charge is 0.271 e. The number of ether oxygens (including phenoxy) is 1. The molecule has 3 rings (SSSR count). The van der Waals surface area contributed by atoms with Crippen LogP contribution in [0.15, 0.2) is 48.5 Å². The maximum Gasteiger partial charge on any atom is 0.271 e. The van der Waals surface area contributed by atoms with E-state index in [1.54, 1.807) is 0 Å². The van der Waals surface area contributed by atoms with Gasteiger partial charge in [-0.05, 0) is 36.8 Å². The molecule has 0 fully saturated rings. The summed E-state index contributed by atoms with van der Waals surface area (Å²) >= 11 is 0. The van der Waals surface area contributed by atoms with Crippen LogP contribution in [0.1, 0.15) is 21.6 Å². The number of rotatable bonds is 5. The average molecular weight is 308 g/mol. The van der Waals surface area contributed by atoms with E-state index in [-0.39, 0.29) is 5.69 Å². The molecule has 6 nitrogen and oxygen atoms in total. The number of nitrogens with two attached hydrogens (primary N) is 1. The van der Waals surface area contributed by atoms with Crippen molar-refractivity contribution in [2.24, 2.45) is 5.73 Å². The Morgan fingerprint density at radius 1 is 1.09 bits per heavy atom. The van der Waals surface area contributed by atoms with E-state index in [0.29, 0.717) is 12.3 Å². The minimum Gasteiger partial charge on any atom is -0.489 e. The zero-order valence-electron chi connectivity index (χ0n) is 12.6. The van der Waals surface area contributed by atoms with Gasteiger partial charge in [-0.2, -0.15) is 15.4 Å². The van der Waals surface area contributed by atoms with Gasteiger partial charge in [0, 0.05) is 5.56 Å². The molecule has 0 saturated carbocycles. The number of hydrogen-bond donors (Lipinski definition) is 2. The monoisotopic (exact) mass is 308 g/mol. The Hall–Kier alpha value is -3.15. The molecule has 1 aromatic heterocycles. The molecule has 2 aromatic carbocycles. The topological polar surface area (TPSA) is 93.9 Å². The van der Waals surface area contributed by atoms with Crippen LogP contribution in [-0.4, -0.2) is 21.3 Å². The predicted octanol–water partition coefficient (Wildman–Crippen LogP) is 2.46. The number of aromatic nitrogens is 3. The zero-order chi connectivity index (χ0) is 16.2. The molecule has 0 aliphatic rings. The summed E-state index contributed by atoms with van der Waals surface area (Å²) in [4.78, 5) is 11.3. The van der Waals surface area contributed by atoms with E-state index in [9.17, 15) is 4.79 Å². The highest BCUT2D eigenvalue weighted by Gasteiger charge is 2.14. The fourth-order valence-electron chi connectivity index (χ4n) is 2.16. The highest BCUT2D eigenvalue weighted by Crippen LogP contribution is 2.23. The lowest BCUT2D eigenvalue weighted by Crippen LogP contribution is -2.12. The number of primary amides is 1. The quantitative estimate of drug-likeness (QED) is 0.757. The molecule has 1 heterocycles. The molecule has 116 valence electrons. The van der Waals surface area contributed by atoms with Crippen LogP contribution in [0, 0.1) is 6.92 Å². The molecule has 0 unspecified atom stereocenters. The van der Waals surface area contributed by atoms with Gasteiger partial charge in [0.25, 0.3) is 5.91 Å². The van der Waals surface area contributed by atoms with Crippen LogP contribution in [0.3, 0.4) is 0 Å². The lowest BCUT2D eigenvalue weighted by atomic mass is 10.1. The molecular weight excluding hydrogens is 292 g/mol. The van der Waals surface area contributed by atoms with Gasteiger partial charge in [-0.15, -0.1) is 0 Å². The number of amides is 1. The lowest BCUT2D eigenvalue weighted by Gasteiger charge is -2.07. The van der Waals surface area contributed by atoms with E-state index in [0.717, 1.165) is 16.9 Å². The Morgan fingerprint density at radius 3 is 2.43 bits per heavy atom. The molecule has 0 spiro atoms.